The molecule has 0 fully saturated rings. The van der Waals surface area contributed by atoms with E-state index in [-0.39, 0.29) is 5.91 Å². The zero-order valence-corrected chi connectivity index (χ0v) is 9.27. The molecule has 0 aliphatic heterocycles. The Labute approximate surface area is 86.4 Å². The van der Waals surface area contributed by atoms with Gasteiger partial charge in [0.15, 0.2) is 0 Å². The predicted molar refractivity (Wildman–Crippen MR) is 57.3 cm³/mol. The van der Waals surface area contributed by atoms with Gasteiger partial charge in [-0.3, -0.25) is 4.79 Å². The van der Waals surface area contributed by atoms with Gasteiger partial charge in [-0.05, 0) is 19.4 Å². The summed E-state index contributed by atoms with van der Waals surface area (Å²) in [4.78, 5) is 11.2. The van der Waals surface area contributed by atoms with Crippen molar-refractivity contribution in [3.05, 3.63) is 0 Å². The van der Waals surface area contributed by atoms with Crippen LogP contribution in [0.15, 0.2) is 0 Å². The molecule has 0 saturated carbocycles. The molecule has 0 aromatic carbocycles. The monoisotopic (exact) mass is 202 g/mol. The highest BCUT2D eigenvalue weighted by Gasteiger charge is 1.98. The Morgan fingerprint density at radius 2 is 2.07 bits per heavy atom. The third kappa shape index (κ3) is 9.48. The number of rotatable bonds is 9. The maximum atomic E-state index is 11.2. The molecule has 0 spiro atoms. The summed E-state index contributed by atoms with van der Waals surface area (Å²) >= 11 is 0. The molecule has 1 amide bonds. The van der Waals surface area contributed by atoms with E-state index >= 15 is 0 Å². The molecule has 0 heterocycles. The molecule has 0 aliphatic rings. The molecule has 0 radical (unpaired) electrons. The molecule has 0 aromatic heterocycles. The summed E-state index contributed by atoms with van der Waals surface area (Å²) < 4.78 is 4.87. The molecule has 2 N–H and O–H groups in total. The summed E-state index contributed by atoms with van der Waals surface area (Å²) in [7, 11) is 1.66. The molecular weight excluding hydrogens is 180 g/mol. The number of amides is 1. The van der Waals surface area contributed by atoms with E-state index in [9.17, 15) is 4.79 Å². The van der Waals surface area contributed by atoms with Gasteiger partial charge in [0, 0.05) is 20.3 Å². The van der Waals surface area contributed by atoms with Gasteiger partial charge in [-0.1, -0.05) is 13.3 Å². The van der Waals surface area contributed by atoms with E-state index in [1.165, 1.54) is 0 Å². The number of hydrogen-bond donors (Lipinski definition) is 2. The topological polar surface area (TPSA) is 50.4 Å². The maximum absolute atomic E-state index is 11.2. The van der Waals surface area contributed by atoms with Crippen molar-refractivity contribution in [2.45, 2.75) is 26.2 Å². The highest BCUT2D eigenvalue weighted by molar-refractivity contribution is 5.77. The molecular formula is C10H22N2O2. The van der Waals surface area contributed by atoms with Crippen molar-refractivity contribution in [2.24, 2.45) is 0 Å². The van der Waals surface area contributed by atoms with Crippen LogP contribution in [0.4, 0.5) is 0 Å². The summed E-state index contributed by atoms with van der Waals surface area (Å²) in [5.41, 5.74) is 0. The van der Waals surface area contributed by atoms with E-state index in [1.54, 1.807) is 7.11 Å². The van der Waals surface area contributed by atoms with Gasteiger partial charge in [-0.25, -0.2) is 0 Å². The van der Waals surface area contributed by atoms with E-state index in [0.717, 1.165) is 25.8 Å². The van der Waals surface area contributed by atoms with Crippen molar-refractivity contribution >= 4 is 5.91 Å². The molecule has 4 nitrogen and oxygen atoms in total. The lowest BCUT2D eigenvalue weighted by molar-refractivity contribution is -0.120. The third-order valence-corrected chi connectivity index (χ3v) is 1.84. The summed E-state index contributed by atoms with van der Waals surface area (Å²) in [5, 5.41) is 5.90. The number of carbonyl (C=O) groups excluding carboxylic acids is 1. The van der Waals surface area contributed by atoms with E-state index in [4.69, 9.17) is 4.74 Å². The molecule has 14 heavy (non-hydrogen) atoms. The van der Waals surface area contributed by atoms with Crippen molar-refractivity contribution in [1.82, 2.24) is 10.6 Å². The minimum absolute atomic E-state index is 0.0669. The van der Waals surface area contributed by atoms with Crippen LogP contribution in [0, 0.1) is 0 Å². The molecule has 0 rings (SSSR count). The average Bonchev–Trinajstić information content (AvgIpc) is 2.19. The summed E-state index contributed by atoms with van der Waals surface area (Å²) in [6.07, 6.45) is 3.15. The lowest BCUT2D eigenvalue weighted by Gasteiger charge is -2.05. The molecule has 0 aromatic rings. The van der Waals surface area contributed by atoms with Crippen LogP contribution < -0.4 is 10.6 Å². The number of nitrogens with one attached hydrogen (secondary N) is 2. The largest absolute Gasteiger partial charge is 0.385 e. The number of unbranched alkanes of at least 4 members (excludes halogenated alkanes) is 1. The van der Waals surface area contributed by atoms with Gasteiger partial charge in [0.1, 0.15) is 0 Å². The zero-order chi connectivity index (χ0) is 10.6. The molecule has 0 aliphatic carbocycles. The van der Waals surface area contributed by atoms with Crippen LogP contribution in [0.2, 0.25) is 0 Å². The normalized spacial score (nSPS) is 10.1. The molecule has 0 unspecified atom stereocenters. The minimum atomic E-state index is 0.0669. The molecule has 0 atom stereocenters. The van der Waals surface area contributed by atoms with Gasteiger partial charge in [-0.2, -0.15) is 0 Å². The van der Waals surface area contributed by atoms with Gasteiger partial charge >= 0.3 is 0 Å². The number of hydrogen-bond acceptors (Lipinski definition) is 3. The van der Waals surface area contributed by atoms with Crippen LogP contribution in [0.3, 0.4) is 0 Å². The Morgan fingerprint density at radius 3 is 2.71 bits per heavy atom. The van der Waals surface area contributed by atoms with Gasteiger partial charge in [0.2, 0.25) is 5.91 Å². The SMILES string of the molecule is CCCCNCC(=O)NCCCOC. The second-order valence-corrected chi connectivity index (χ2v) is 3.23. The van der Waals surface area contributed by atoms with Crippen molar-refractivity contribution in [3.63, 3.8) is 0 Å². The fourth-order valence-corrected chi connectivity index (χ4v) is 1.01. The Morgan fingerprint density at radius 1 is 1.29 bits per heavy atom. The number of carbonyl (C=O) groups is 1. The summed E-state index contributed by atoms with van der Waals surface area (Å²) in [5.74, 6) is 0.0669. The van der Waals surface area contributed by atoms with Gasteiger partial charge in [0.05, 0.1) is 6.54 Å². The summed E-state index contributed by atoms with van der Waals surface area (Å²) in [6, 6.07) is 0. The van der Waals surface area contributed by atoms with Gasteiger partial charge < -0.3 is 15.4 Å². The standard InChI is InChI=1S/C10H22N2O2/c1-3-4-6-11-9-10(13)12-7-5-8-14-2/h11H,3-9H2,1-2H3,(H,12,13). The van der Waals surface area contributed by atoms with E-state index < -0.39 is 0 Å². The van der Waals surface area contributed by atoms with Crippen molar-refractivity contribution in [2.75, 3.05) is 33.4 Å². The molecule has 0 saturated heterocycles. The molecule has 84 valence electrons. The number of methoxy groups -OCH3 is 1. The van der Waals surface area contributed by atoms with Gasteiger partial charge in [-0.15, -0.1) is 0 Å². The highest BCUT2D eigenvalue weighted by Crippen LogP contribution is 1.81. The Hall–Kier alpha value is -0.610. The van der Waals surface area contributed by atoms with Crippen LogP contribution in [-0.2, 0) is 9.53 Å². The minimum Gasteiger partial charge on any atom is -0.385 e. The van der Waals surface area contributed by atoms with E-state index in [1.807, 2.05) is 0 Å². The van der Waals surface area contributed by atoms with Crippen LogP contribution in [0.25, 0.3) is 0 Å². The molecule has 0 bridgehead atoms. The van der Waals surface area contributed by atoms with Crippen molar-refractivity contribution in [3.8, 4) is 0 Å². The summed E-state index contributed by atoms with van der Waals surface area (Å²) in [6.45, 7) is 4.87. The second-order valence-electron chi connectivity index (χ2n) is 3.23. The Balaban J connectivity index is 3.11. The quantitative estimate of drug-likeness (QED) is 0.536. The van der Waals surface area contributed by atoms with E-state index in [2.05, 4.69) is 17.6 Å². The van der Waals surface area contributed by atoms with Crippen molar-refractivity contribution in [1.29, 1.82) is 0 Å². The Bertz CT molecular complexity index is 126. The first-order chi connectivity index (χ1) is 6.81. The predicted octanol–water partition coefficient (Wildman–Crippen LogP) is 0.529. The van der Waals surface area contributed by atoms with Crippen molar-refractivity contribution < 1.29 is 9.53 Å². The Kier molecular flexibility index (Phi) is 10.0. The maximum Gasteiger partial charge on any atom is 0.233 e. The highest BCUT2D eigenvalue weighted by atomic mass is 16.5. The fourth-order valence-electron chi connectivity index (χ4n) is 1.01. The van der Waals surface area contributed by atoms with Crippen LogP contribution in [0.1, 0.15) is 26.2 Å². The van der Waals surface area contributed by atoms with E-state index in [0.29, 0.717) is 19.7 Å². The first-order valence-electron chi connectivity index (χ1n) is 5.27. The smallest absolute Gasteiger partial charge is 0.233 e. The molecule has 4 heteroatoms. The second kappa shape index (κ2) is 10.5. The van der Waals surface area contributed by atoms with Crippen LogP contribution >= 0.6 is 0 Å². The first kappa shape index (κ1) is 13.4. The number of ether oxygens (including phenoxy) is 1. The zero-order valence-electron chi connectivity index (χ0n) is 9.27. The lowest BCUT2D eigenvalue weighted by Crippen LogP contribution is -2.35. The van der Waals surface area contributed by atoms with Gasteiger partial charge in [0.25, 0.3) is 0 Å². The third-order valence-electron chi connectivity index (χ3n) is 1.84. The lowest BCUT2D eigenvalue weighted by atomic mass is 10.3. The van der Waals surface area contributed by atoms with Crippen LogP contribution in [0.5, 0.6) is 0 Å². The van der Waals surface area contributed by atoms with Crippen LogP contribution in [-0.4, -0.2) is 39.3 Å². The fraction of sp³-hybridized carbons (Fsp3) is 0.900. The first-order valence-corrected chi connectivity index (χ1v) is 5.27. The average molecular weight is 202 g/mol.